The van der Waals surface area contributed by atoms with Gasteiger partial charge in [-0.05, 0) is 5.92 Å². The Balaban J connectivity index is 0. The fraction of sp³-hybridized carbons (Fsp3) is 0.400. The van der Waals surface area contributed by atoms with Gasteiger partial charge in [0.15, 0.2) is 0 Å². The summed E-state index contributed by atoms with van der Waals surface area (Å²) in [7, 11) is 0. The molecule has 3 heteroatoms. The fourth-order valence-electron chi connectivity index (χ4n) is 0.161. The van der Waals surface area contributed by atoms with E-state index < -0.39 is 5.97 Å². The summed E-state index contributed by atoms with van der Waals surface area (Å²) < 4.78 is 0. The molecule has 0 atom stereocenters. The van der Waals surface area contributed by atoms with Gasteiger partial charge < -0.3 is 9.90 Å². The van der Waals surface area contributed by atoms with Crippen molar-refractivity contribution in [2.75, 3.05) is 0 Å². The summed E-state index contributed by atoms with van der Waals surface area (Å²) in [4.78, 5) is 9.47. The molecular formula is C5H5LiO2. The van der Waals surface area contributed by atoms with Gasteiger partial charge in [-0.3, -0.25) is 0 Å². The van der Waals surface area contributed by atoms with Crippen molar-refractivity contribution in [1.29, 1.82) is 0 Å². The van der Waals surface area contributed by atoms with Crippen molar-refractivity contribution in [2.24, 2.45) is 0 Å². The van der Waals surface area contributed by atoms with Crippen LogP contribution in [0.3, 0.4) is 0 Å². The molecule has 0 radical (unpaired) electrons. The Hall–Kier alpha value is -0.373. The molecule has 0 saturated carbocycles. The predicted molar refractivity (Wildman–Crippen MR) is 23.1 cm³/mol. The molecule has 0 bridgehead atoms. The van der Waals surface area contributed by atoms with E-state index in [1.54, 1.807) is 6.92 Å². The van der Waals surface area contributed by atoms with E-state index in [1.807, 2.05) is 5.92 Å². The van der Waals surface area contributed by atoms with Gasteiger partial charge in [0.25, 0.3) is 0 Å². The Morgan fingerprint density at radius 2 is 2.25 bits per heavy atom. The molecule has 0 rings (SSSR count). The molecule has 0 spiro atoms. The van der Waals surface area contributed by atoms with Crippen LogP contribution in [0.2, 0.25) is 0 Å². The molecule has 0 unspecified atom stereocenters. The van der Waals surface area contributed by atoms with Crippen LogP contribution in [0.1, 0.15) is 13.3 Å². The van der Waals surface area contributed by atoms with Crippen LogP contribution >= 0.6 is 0 Å². The SMILES string of the molecule is CCC#CC(=O)[O-].[Li+]. The Bertz CT molecular complexity index is 120. The first-order chi connectivity index (χ1) is 3.27. The topological polar surface area (TPSA) is 40.1 Å². The molecule has 0 N–H and O–H groups in total. The zero-order valence-electron chi connectivity index (χ0n) is 5.02. The molecule has 0 aliphatic heterocycles. The number of carbonyl (C=O) groups excluding carboxylic acids is 1. The average Bonchev–Trinajstić information content (AvgIpc) is 1.61. The minimum atomic E-state index is -1.30. The van der Waals surface area contributed by atoms with Gasteiger partial charge in [0.05, 0.1) is 0 Å². The molecule has 0 aromatic heterocycles. The minimum Gasteiger partial charge on any atom is -0.537 e. The van der Waals surface area contributed by atoms with Gasteiger partial charge in [0, 0.05) is 6.42 Å². The van der Waals surface area contributed by atoms with Crippen LogP contribution < -0.4 is 24.0 Å². The summed E-state index contributed by atoms with van der Waals surface area (Å²) in [6.07, 6.45) is 0.563. The van der Waals surface area contributed by atoms with Gasteiger partial charge >= 0.3 is 18.9 Å². The summed E-state index contributed by atoms with van der Waals surface area (Å²) >= 11 is 0. The van der Waals surface area contributed by atoms with Crippen LogP contribution in [0.4, 0.5) is 0 Å². The van der Waals surface area contributed by atoms with Gasteiger partial charge in [-0.15, -0.1) is 0 Å². The number of carbonyl (C=O) groups is 1. The Morgan fingerprint density at radius 1 is 1.75 bits per heavy atom. The van der Waals surface area contributed by atoms with Gasteiger partial charge in [-0.1, -0.05) is 12.8 Å². The zero-order chi connectivity index (χ0) is 5.70. The second-order valence-electron chi connectivity index (χ2n) is 0.943. The first-order valence-corrected chi connectivity index (χ1v) is 1.97. The fourth-order valence-corrected chi connectivity index (χ4v) is 0.161. The second-order valence-corrected chi connectivity index (χ2v) is 0.943. The third-order valence-electron chi connectivity index (χ3n) is 0.367. The van der Waals surface area contributed by atoms with E-state index in [1.165, 1.54) is 0 Å². The summed E-state index contributed by atoms with van der Waals surface area (Å²) in [6, 6.07) is 0. The molecule has 0 fully saturated rings. The third kappa shape index (κ3) is 9.16. The van der Waals surface area contributed by atoms with Gasteiger partial charge in [0.2, 0.25) is 0 Å². The Labute approximate surface area is 60.5 Å². The molecule has 0 aliphatic rings. The summed E-state index contributed by atoms with van der Waals surface area (Å²) in [5.74, 6) is 2.88. The van der Waals surface area contributed by atoms with E-state index in [4.69, 9.17) is 0 Å². The molecule has 0 aromatic rings. The molecule has 0 saturated heterocycles. The van der Waals surface area contributed by atoms with Crippen molar-refractivity contribution in [1.82, 2.24) is 0 Å². The summed E-state index contributed by atoms with van der Waals surface area (Å²) in [5.41, 5.74) is 0. The smallest absolute Gasteiger partial charge is 0.537 e. The van der Waals surface area contributed by atoms with Crippen molar-refractivity contribution in [3.05, 3.63) is 0 Å². The van der Waals surface area contributed by atoms with E-state index >= 15 is 0 Å². The first kappa shape index (κ1) is 10.6. The first-order valence-electron chi connectivity index (χ1n) is 1.97. The van der Waals surface area contributed by atoms with Crippen LogP contribution in [0.5, 0.6) is 0 Å². The Morgan fingerprint density at radius 3 is 2.38 bits per heavy atom. The number of hydrogen-bond acceptors (Lipinski definition) is 2. The maximum atomic E-state index is 9.47. The van der Waals surface area contributed by atoms with Crippen LogP contribution in [0.15, 0.2) is 0 Å². The predicted octanol–water partition coefficient (Wildman–Crippen LogP) is -3.85. The molecule has 8 heavy (non-hydrogen) atoms. The van der Waals surface area contributed by atoms with E-state index in [-0.39, 0.29) is 18.9 Å². The molecule has 0 aromatic carbocycles. The third-order valence-corrected chi connectivity index (χ3v) is 0.367. The number of hydrogen-bond donors (Lipinski definition) is 0. The quantitative estimate of drug-likeness (QED) is 0.233. The maximum absolute atomic E-state index is 9.47. The number of aliphatic carboxylic acids is 1. The van der Waals surface area contributed by atoms with Gasteiger partial charge in [-0.25, -0.2) is 0 Å². The molecular weight excluding hydrogens is 99.0 g/mol. The van der Waals surface area contributed by atoms with Crippen molar-refractivity contribution in [2.45, 2.75) is 13.3 Å². The zero-order valence-corrected chi connectivity index (χ0v) is 5.02. The van der Waals surface area contributed by atoms with Crippen molar-refractivity contribution in [3.63, 3.8) is 0 Å². The van der Waals surface area contributed by atoms with Gasteiger partial charge in [0.1, 0.15) is 5.97 Å². The monoisotopic (exact) mass is 104 g/mol. The van der Waals surface area contributed by atoms with Crippen LogP contribution in [0.25, 0.3) is 0 Å². The molecule has 0 heterocycles. The van der Waals surface area contributed by atoms with Crippen LogP contribution in [-0.2, 0) is 4.79 Å². The second kappa shape index (κ2) is 6.63. The average molecular weight is 104 g/mol. The molecule has 0 amide bonds. The largest absolute Gasteiger partial charge is 1.00 e. The van der Waals surface area contributed by atoms with Crippen molar-refractivity contribution in [3.8, 4) is 11.8 Å². The van der Waals surface area contributed by atoms with Gasteiger partial charge in [-0.2, -0.15) is 0 Å². The number of rotatable bonds is 0. The molecule has 38 valence electrons. The number of carboxylic acid groups (broad SMARTS) is 1. The van der Waals surface area contributed by atoms with E-state index in [0.717, 1.165) is 0 Å². The van der Waals surface area contributed by atoms with Crippen LogP contribution in [-0.4, -0.2) is 5.97 Å². The van der Waals surface area contributed by atoms with Crippen molar-refractivity contribution >= 4 is 5.97 Å². The summed E-state index contributed by atoms with van der Waals surface area (Å²) in [5, 5.41) is 9.47. The van der Waals surface area contributed by atoms with Crippen molar-refractivity contribution < 1.29 is 28.8 Å². The molecule has 0 aliphatic carbocycles. The minimum absolute atomic E-state index is 0. The normalized spacial score (nSPS) is 5.62. The van der Waals surface area contributed by atoms with E-state index in [2.05, 4.69) is 5.92 Å². The van der Waals surface area contributed by atoms with E-state index in [9.17, 15) is 9.90 Å². The number of carboxylic acids is 1. The Kier molecular flexibility index (Phi) is 8.76. The standard InChI is InChI=1S/C5H6O2.Li/c1-2-3-4-5(6)7;/h2H2,1H3,(H,6,7);/q;+1/p-1. The molecule has 2 nitrogen and oxygen atoms in total. The maximum Gasteiger partial charge on any atom is 1.00 e. The van der Waals surface area contributed by atoms with E-state index in [0.29, 0.717) is 6.42 Å². The van der Waals surface area contributed by atoms with Crippen LogP contribution in [0, 0.1) is 11.8 Å². The summed E-state index contributed by atoms with van der Waals surface area (Å²) in [6.45, 7) is 1.77.